The predicted octanol–water partition coefficient (Wildman–Crippen LogP) is 3.40. The van der Waals surface area contributed by atoms with E-state index in [-0.39, 0.29) is 36.1 Å². The lowest BCUT2D eigenvalue weighted by Crippen LogP contribution is -2.31. The molecule has 2 aromatic rings. The fourth-order valence-corrected chi connectivity index (χ4v) is 3.85. The number of ether oxygens (including phenoxy) is 1. The summed E-state index contributed by atoms with van der Waals surface area (Å²) >= 11 is 0. The highest BCUT2D eigenvalue weighted by Gasteiger charge is 2.36. The van der Waals surface area contributed by atoms with Gasteiger partial charge >= 0.3 is 0 Å². The molecule has 4 rings (SSSR count). The first kappa shape index (κ1) is 19.2. The lowest BCUT2D eigenvalue weighted by Gasteiger charge is -2.21. The molecule has 0 bridgehead atoms. The maximum Gasteiger partial charge on any atom is 0.251 e. The number of imide groups is 1. The third-order valence-electron chi connectivity index (χ3n) is 5.52. The Bertz CT molecular complexity index is 985. The highest BCUT2D eigenvalue weighted by atomic mass is 16.5. The van der Waals surface area contributed by atoms with Crippen molar-refractivity contribution in [2.45, 2.75) is 39.2 Å². The Morgan fingerprint density at radius 2 is 2.03 bits per heavy atom. The van der Waals surface area contributed by atoms with Crippen molar-refractivity contribution in [1.29, 1.82) is 0 Å². The standard InChI is InChI=1S/C23H24N2O4/c1-14-11-21(26)25(23(14)28)19-7-3-5-18(13-19)22(27)24-15(2)16-8-9-20-17(12-16)6-4-10-29-20/h3,5,7-9,12-15H,4,6,10-11H2,1-2H3,(H,24,27)/t14-,15-/m1/s1. The molecule has 29 heavy (non-hydrogen) atoms. The van der Waals surface area contributed by atoms with E-state index in [1.807, 2.05) is 19.1 Å². The van der Waals surface area contributed by atoms with Crippen molar-refractivity contribution >= 4 is 23.4 Å². The molecule has 0 unspecified atom stereocenters. The van der Waals surface area contributed by atoms with Gasteiger partial charge in [0.05, 0.1) is 18.3 Å². The summed E-state index contributed by atoms with van der Waals surface area (Å²) in [5, 5.41) is 3.00. The Morgan fingerprint density at radius 1 is 1.21 bits per heavy atom. The molecule has 2 aromatic carbocycles. The number of nitrogens with zero attached hydrogens (tertiary/aromatic N) is 1. The maximum absolute atomic E-state index is 12.8. The van der Waals surface area contributed by atoms with E-state index in [2.05, 4.69) is 11.4 Å². The third-order valence-corrected chi connectivity index (χ3v) is 5.52. The van der Waals surface area contributed by atoms with Gasteiger partial charge in [-0.15, -0.1) is 0 Å². The topological polar surface area (TPSA) is 75.7 Å². The second kappa shape index (κ2) is 7.70. The van der Waals surface area contributed by atoms with Gasteiger partial charge in [-0.25, -0.2) is 0 Å². The smallest absolute Gasteiger partial charge is 0.251 e. The maximum atomic E-state index is 12.8. The number of aryl methyl sites for hydroxylation is 1. The monoisotopic (exact) mass is 392 g/mol. The van der Waals surface area contributed by atoms with Crippen LogP contribution in [0.3, 0.4) is 0 Å². The number of amides is 3. The minimum atomic E-state index is -0.326. The molecule has 0 radical (unpaired) electrons. The van der Waals surface area contributed by atoms with E-state index in [1.165, 1.54) is 4.90 Å². The van der Waals surface area contributed by atoms with Gasteiger partial charge in [0.1, 0.15) is 5.75 Å². The summed E-state index contributed by atoms with van der Waals surface area (Å²) in [5.41, 5.74) is 3.03. The molecule has 0 saturated carbocycles. The predicted molar refractivity (Wildman–Crippen MR) is 109 cm³/mol. The third kappa shape index (κ3) is 3.75. The number of benzene rings is 2. The minimum Gasteiger partial charge on any atom is -0.493 e. The van der Waals surface area contributed by atoms with E-state index < -0.39 is 0 Å². The van der Waals surface area contributed by atoms with E-state index in [9.17, 15) is 14.4 Å². The molecule has 0 aromatic heterocycles. The number of hydrogen-bond acceptors (Lipinski definition) is 4. The molecule has 1 fully saturated rings. The largest absolute Gasteiger partial charge is 0.493 e. The van der Waals surface area contributed by atoms with Gasteiger partial charge in [-0.1, -0.05) is 25.1 Å². The zero-order valence-electron chi connectivity index (χ0n) is 16.6. The van der Waals surface area contributed by atoms with Crippen LogP contribution >= 0.6 is 0 Å². The van der Waals surface area contributed by atoms with Crippen molar-refractivity contribution in [3.63, 3.8) is 0 Å². The number of rotatable bonds is 4. The number of fused-ring (bicyclic) bond motifs is 1. The van der Waals surface area contributed by atoms with Gasteiger partial charge in [0.25, 0.3) is 5.91 Å². The quantitative estimate of drug-likeness (QED) is 0.809. The summed E-state index contributed by atoms with van der Waals surface area (Å²) in [6.45, 7) is 4.42. The fraction of sp³-hybridized carbons (Fsp3) is 0.348. The molecular formula is C23H24N2O4. The highest BCUT2D eigenvalue weighted by Crippen LogP contribution is 2.29. The molecule has 2 heterocycles. The number of carbonyl (C=O) groups is 3. The van der Waals surface area contributed by atoms with Gasteiger partial charge in [-0.3, -0.25) is 19.3 Å². The van der Waals surface area contributed by atoms with E-state index >= 15 is 0 Å². The average Bonchev–Trinajstić information content (AvgIpc) is 2.99. The molecule has 1 saturated heterocycles. The zero-order valence-corrected chi connectivity index (χ0v) is 16.6. The van der Waals surface area contributed by atoms with Gasteiger partial charge in [-0.2, -0.15) is 0 Å². The van der Waals surface area contributed by atoms with Crippen LogP contribution in [-0.4, -0.2) is 24.3 Å². The summed E-state index contributed by atoms with van der Waals surface area (Å²) in [5.74, 6) is -0.115. The van der Waals surface area contributed by atoms with Crippen LogP contribution in [0.25, 0.3) is 0 Å². The first-order valence-electron chi connectivity index (χ1n) is 9.97. The van der Waals surface area contributed by atoms with E-state index in [0.717, 1.165) is 36.3 Å². The summed E-state index contributed by atoms with van der Waals surface area (Å²) in [6, 6.07) is 12.5. The van der Waals surface area contributed by atoms with Gasteiger partial charge in [0.2, 0.25) is 11.8 Å². The van der Waals surface area contributed by atoms with Gasteiger partial charge < -0.3 is 10.1 Å². The van der Waals surface area contributed by atoms with Gasteiger partial charge in [0.15, 0.2) is 0 Å². The fourth-order valence-electron chi connectivity index (χ4n) is 3.85. The van der Waals surface area contributed by atoms with E-state index in [4.69, 9.17) is 4.74 Å². The van der Waals surface area contributed by atoms with Crippen LogP contribution < -0.4 is 15.0 Å². The molecule has 0 aliphatic carbocycles. The summed E-state index contributed by atoms with van der Waals surface area (Å²) in [6.07, 6.45) is 2.17. The molecule has 2 atom stereocenters. The van der Waals surface area contributed by atoms with Crippen molar-refractivity contribution in [2.24, 2.45) is 5.92 Å². The minimum absolute atomic E-state index is 0.187. The Kier molecular flexibility index (Phi) is 5.09. The van der Waals surface area contributed by atoms with Crippen LogP contribution in [0.4, 0.5) is 5.69 Å². The summed E-state index contributed by atoms with van der Waals surface area (Å²) in [4.78, 5) is 38.4. The second-order valence-electron chi connectivity index (χ2n) is 7.74. The van der Waals surface area contributed by atoms with Crippen molar-refractivity contribution in [2.75, 3.05) is 11.5 Å². The molecule has 6 nitrogen and oxygen atoms in total. The molecule has 150 valence electrons. The number of nitrogens with one attached hydrogen (secondary N) is 1. The zero-order chi connectivity index (χ0) is 20.5. The Balaban J connectivity index is 1.50. The van der Waals surface area contributed by atoms with Crippen LogP contribution in [0.15, 0.2) is 42.5 Å². The Hall–Kier alpha value is -3.15. The van der Waals surface area contributed by atoms with E-state index in [0.29, 0.717) is 11.3 Å². The van der Waals surface area contributed by atoms with Crippen LogP contribution in [0.2, 0.25) is 0 Å². The van der Waals surface area contributed by atoms with Crippen molar-refractivity contribution in [3.05, 3.63) is 59.2 Å². The molecule has 6 heteroatoms. The lowest BCUT2D eigenvalue weighted by molar-refractivity contribution is -0.122. The van der Waals surface area contributed by atoms with Gasteiger partial charge in [-0.05, 0) is 55.2 Å². The normalized spacial score (nSPS) is 19.5. The number of anilines is 1. The molecule has 2 aliphatic heterocycles. The van der Waals surface area contributed by atoms with Crippen LogP contribution in [0, 0.1) is 5.92 Å². The van der Waals surface area contributed by atoms with E-state index in [1.54, 1.807) is 31.2 Å². The Labute approximate surface area is 169 Å². The first-order chi connectivity index (χ1) is 13.9. The van der Waals surface area contributed by atoms with Crippen LogP contribution in [-0.2, 0) is 16.0 Å². The van der Waals surface area contributed by atoms with Crippen molar-refractivity contribution in [1.82, 2.24) is 5.32 Å². The lowest BCUT2D eigenvalue weighted by atomic mass is 10.00. The summed E-state index contributed by atoms with van der Waals surface area (Å²) in [7, 11) is 0. The Morgan fingerprint density at radius 3 is 2.79 bits per heavy atom. The van der Waals surface area contributed by atoms with Crippen LogP contribution in [0.1, 0.15) is 54.2 Å². The number of hydrogen-bond donors (Lipinski definition) is 1. The summed E-state index contributed by atoms with van der Waals surface area (Å²) < 4.78 is 5.65. The molecule has 0 spiro atoms. The number of carbonyl (C=O) groups excluding carboxylic acids is 3. The van der Waals surface area contributed by atoms with Crippen molar-refractivity contribution in [3.8, 4) is 5.75 Å². The van der Waals surface area contributed by atoms with Crippen LogP contribution in [0.5, 0.6) is 5.75 Å². The average molecular weight is 392 g/mol. The van der Waals surface area contributed by atoms with Crippen molar-refractivity contribution < 1.29 is 19.1 Å². The van der Waals surface area contributed by atoms with Gasteiger partial charge in [0, 0.05) is 17.9 Å². The first-order valence-corrected chi connectivity index (χ1v) is 9.97. The molecule has 3 amide bonds. The highest BCUT2D eigenvalue weighted by molar-refractivity contribution is 6.21. The molecule has 2 aliphatic rings. The molecular weight excluding hydrogens is 368 g/mol. The molecule has 1 N–H and O–H groups in total. The SMILES string of the molecule is C[C@@H]1CC(=O)N(c2cccc(C(=O)N[C@H](C)c3ccc4c(c3)CCCO4)c2)C1=O. The second-order valence-corrected chi connectivity index (χ2v) is 7.74.